The highest BCUT2D eigenvalue weighted by molar-refractivity contribution is 6.03. The number of benzene rings is 1. The van der Waals surface area contributed by atoms with Gasteiger partial charge in [0, 0.05) is 17.0 Å². The Morgan fingerprint density at radius 2 is 2.07 bits per heavy atom. The number of aromatic amines is 1. The van der Waals surface area contributed by atoms with Gasteiger partial charge in [-0.2, -0.15) is 0 Å². The van der Waals surface area contributed by atoms with Crippen LogP contribution in [0.4, 0.5) is 0 Å². The van der Waals surface area contributed by atoms with Crippen molar-refractivity contribution in [1.82, 2.24) is 4.98 Å². The second-order valence-electron chi connectivity index (χ2n) is 3.08. The fraction of sp³-hybridized carbons (Fsp3) is 0.0909. The number of carbonyl (C=O) groups is 1. The lowest BCUT2D eigenvalue weighted by Gasteiger charge is -2.03. The van der Waals surface area contributed by atoms with Gasteiger partial charge in [0.2, 0.25) is 5.56 Å². The van der Waals surface area contributed by atoms with Crippen LogP contribution in [0.2, 0.25) is 0 Å². The van der Waals surface area contributed by atoms with Gasteiger partial charge < -0.3 is 9.72 Å². The summed E-state index contributed by atoms with van der Waals surface area (Å²) in [7, 11) is 1.33. The molecule has 1 aromatic carbocycles. The van der Waals surface area contributed by atoms with Crippen molar-refractivity contribution in [2.24, 2.45) is 0 Å². The highest BCUT2D eigenvalue weighted by Crippen LogP contribution is 2.15. The Labute approximate surface area is 85.5 Å². The molecule has 0 atom stereocenters. The molecule has 76 valence electrons. The summed E-state index contributed by atoms with van der Waals surface area (Å²) in [6.45, 7) is 0. The Morgan fingerprint density at radius 1 is 1.27 bits per heavy atom. The van der Waals surface area contributed by atoms with Crippen LogP contribution in [0.15, 0.2) is 35.1 Å². The van der Waals surface area contributed by atoms with Crippen LogP contribution < -0.4 is 5.56 Å². The van der Waals surface area contributed by atoms with E-state index in [9.17, 15) is 9.59 Å². The van der Waals surface area contributed by atoms with Crippen molar-refractivity contribution in [2.45, 2.75) is 0 Å². The average molecular weight is 203 g/mol. The van der Waals surface area contributed by atoms with Gasteiger partial charge in [0.1, 0.15) is 0 Å². The van der Waals surface area contributed by atoms with Crippen molar-refractivity contribution in [3.63, 3.8) is 0 Å². The van der Waals surface area contributed by atoms with Crippen molar-refractivity contribution in [1.29, 1.82) is 0 Å². The molecule has 0 aliphatic carbocycles. The van der Waals surface area contributed by atoms with Gasteiger partial charge in [0.25, 0.3) is 0 Å². The molecule has 0 saturated carbocycles. The summed E-state index contributed by atoms with van der Waals surface area (Å²) in [4.78, 5) is 25.1. The zero-order chi connectivity index (χ0) is 10.8. The molecule has 1 aromatic heterocycles. The molecule has 0 aliphatic heterocycles. The van der Waals surface area contributed by atoms with Gasteiger partial charge in [0.15, 0.2) is 0 Å². The molecular formula is C11H9NO3. The summed E-state index contributed by atoms with van der Waals surface area (Å²) < 4.78 is 4.64. The molecule has 0 unspecified atom stereocenters. The number of rotatable bonds is 1. The molecule has 0 amide bonds. The summed E-state index contributed by atoms with van der Waals surface area (Å²) in [6.07, 6.45) is 0. The number of hydrogen-bond acceptors (Lipinski definition) is 3. The van der Waals surface area contributed by atoms with Crippen molar-refractivity contribution in [3.8, 4) is 0 Å². The molecule has 4 heteroatoms. The standard InChI is InChI=1S/C11H9NO3/c1-15-11(14)8-3-2-4-9-7(8)5-6-10(13)12-9/h2-6H,1H3,(H,12,13). The van der Waals surface area contributed by atoms with E-state index in [0.717, 1.165) is 0 Å². The summed E-state index contributed by atoms with van der Waals surface area (Å²) in [5.41, 5.74) is 0.890. The molecule has 0 aliphatic rings. The Kier molecular flexibility index (Phi) is 2.25. The number of fused-ring (bicyclic) bond motifs is 1. The molecule has 1 heterocycles. The largest absolute Gasteiger partial charge is 0.465 e. The topological polar surface area (TPSA) is 59.2 Å². The Balaban J connectivity index is 2.76. The second-order valence-corrected chi connectivity index (χ2v) is 3.08. The van der Waals surface area contributed by atoms with Crippen molar-refractivity contribution < 1.29 is 9.53 Å². The molecule has 0 saturated heterocycles. The van der Waals surface area contributed by atoms with Crippen LogP contribution in [-0.4, -0.2) is 18.1 Å². The van der Waals surface area contributed by atoms with Crippen LogP contribution in [0.1, 0.15) is 10.4 Å². The van der Waals surface area contributed by atoms with Gasteiger partial charge in [-0.05, 0) is 18.2 Å². The normalized spacial score (nSPS) is 10.2. The lowest BCUT2D eigenvalue weighted by atomic mass is 10.1. The van der Waals surface area contributed by atoms with E-state index in [-0.39, 0.29) is 5.56 Å². The fourth-order valence-electron chi connectivity index (χ4n) is 1.48. The number of aromatic nitrogens is 1. The highest BCUT2D eigenvalue weighted by atomic mass is 16.5. The van der Waals surface area contributed by atoms with E-state index in [1.54, 1.807) is 24.3 Å². The second kappa shape index (κ2) is 3.57. The number of carbonyl (C=O) groups excluding carboxylic acids is 1. The lowest BCUT2D eigenvalue weighted by molar-refractivity contribution is 0.0603. The Morgan fingerprint density at radius 3 is 2.80 bits per heavy atom. The maximum absolute atomic E-state index is 11.4. The van der Waals surface area contributed by atoms with Crippen LogP contribution in [0, 0.1) is 0 Å². The molecule has 2 aromatic rings. The van der Waals surface area contributed by atoms with Gasteiger partial charge in [-0.15, -0.1) is 0 Å². The maximum atomic E-state index is 11.4. The summed E-state index contributed by atoms with van der Waals surface area (Å²) in [5.74, 6) is -0.410. The first-order valence-corrected chi connectivity index (χ1v) is 4.43. The zero-order valence-corrected chi connectivity index (χ0v) is 8.11. The minimum absolute atomic E-state index is 0.190. The molecule has 0 bridgehead atoms. The van der Waals surface area contributed by atoms with Gasteiger partial charge in [-0.1, -0.05) is 6.07 Å². The molecule has 15 heavy (non-hydrogen) atoms. The Bertz CT molecular complexity index is 571. The number of nitrogens with one attached hydrogen (secondary N) is 1. The Hall–Kier alpha value is -2.10. The number of ether oxygens (including phenoxy) is 1. The van der Waals surface area contributed by atoms with Crippen molar-refractivity contribution >= 4 is 16.9 Å². The monoisotopic (exact) mass is 203 g/mol. The van der Waals surface area contributed by atoms with E-state index in [1.807, 2.05) is 0 Å². The first-order valence-electron chi connectivity index (χ1n) is 4.43. The van der Waals surface area contributed by atoms with Gasteiger partial charge in [-0.3, -0.25) is 4.79 Å². The van der Waals surface area contributed by atoms with E-state index < -0.39 is 5.97 Å². The van der Waals surface area contributed by atoms with E-state index in [0.29, 0.717) is 16.5 Å². The van der Waals surface area contributed by atoms with Crippen molar-refractivity contribution in [2.75, 3.05) is 7.11 Å². The van der Waals surface area contributed by atoms with Crippen LogP contribution >= 0.6 is 0 Å². The molecule has 0 radical (unpaired) electrons. The SMILES string of the molecule is COC(=O)c1cccc2[nH]c(=O)ccc12. The van der Waals surface area contributed by atoms with E-state index >= 15 is 0 Å². The van der Waals surface area contributed by atoms with Crippen molar-refractivity contribution in [3.05, 3.63) is 46.2 Å². The third-order valence-corrected chi connectivity index (χ3v) is 2.17. The predicted molar refractivity (Wildman–Crippen MR) is 55.9 cm³/mol. The van der Waals surface area contributed by atoms with E-state index in [2.05, 4.69) is 9.72 Å². The molecule has 0 spiro atoms. The number of H-pyrrole nitrogens is 1. The van der Waals surface area contributed by atoms with Gasteiger partial charge in [-0.25, -0.2) is 4.79 Å². The minimum atomic E-state index is -0.410. The smallest absolute Gasteiger partial charge is 0.338 e. The zero-order valence-electron chi connectivity index (χ0n) is 8.11. The lowest BCUT2D eigenvalue weighted by Crippen LogP contribution is -2.06. The average Bonchev–Trinajstić information content (AvgIpc) is 2.26. The van der Waals surface area contributed by atoms with Crippen LogP contribution in [0.25, 0.3) is 10.9 Å². The highest BCUT2D eigenvalue weighted by Gasteiger charge is 2.09. The van der Waals surface area contributed by atoms with Gasteiger partial charge >= 0.3 is 5.97 Å². The summed E-state index contributed by atoms with van der Waals surface area (Å²) in [6, 6.07) is 8.09. The molecular weight excluding hydrogens is 194 g/mol. The summed E-state index contributed by atoms with van der Waals surface area (Å²) >= 11 is 0. The predicted octanol–water partition coefficient (Wildman–Crippen LogP) is 1.31. The van der Waals surface area contributed by atoms with Crippen LogP contribution in [0.5, 0.6) is 0 Å². The molecule has 2 rings (SSSR count). The third-order valence-electron chi connectivity index (χ3n) is 2.17. The first-order chi connectivity index (χ1) is 7.22. The quantitative estimate of drug-likeness (QED) is 0.711. The third kappa shape index (κ3) is 1.61. The molecule has 1 N–H and O–H groups in total. The van der Waals surface area contributed by atoms with Crippen LogP contribution in [0.3, 0.4) is 0 Å². The summed E-state index contributed by atoms with van der Waals surface area (Å²) in [5, 5.41) is 0.684. The fourth-order valence-corrected chi connectivity index (χ4v) is 1.48. The number of hydrogen-bond donors (Lipinski definition) is 1. The van der Waals surface area contributed by atoms with E-state index in [4.69, 9.17) is 0 Å². The molecule has 4 nitrogen and oxygen atoms in total. The number of esters is 1. The minimum Gasteiger partial charge on any atom is -0.465 e. The maximum Gasteiger partial charge on any atom is 0.338 e. The van der Waals surface area contributed by atoms with Crippen LogP contribution in [-0.2, 0) is 4.74 Å². The number of pyridine rings is 1. The van der Waals surface area contributed by atoms with Gasteiger partial charge in [0.05, 0.1) is 12.7 Å². The molecule has 0 fully saturated rings. The van der Waals surface area contributed by atoms with E-state index in [1.165, 1.54) is 13.2 Å². The number of methoxy groups -OCH3 is 1. The first kappa shape index (κ1) is 9.45.